The van der Waals surface area contributed by atoms with Crippen molar-refractivity contribution in [3.05, 3.63) is 77.4 Å². The molecule has 0 radical (unpaired) electrons. The van der Waals surface area contributed by atoms with Crippen LogP contribution in [-0.2, 0) is 11.9 Å². The van der Waals surface area contributed by atoms with Crippen LogP contribution in [0.2, 0.25) is 0 Å². The predicted octanol–water partition coefficient (Wildman–Crippen LogP) is 4.29. The zero-order valence-corrected chi connectivity index (χ0v) is 16.8. The topological polar surface area (TPSA) is 64.1 Å². The van der Waals surface area contributed by atoms with E-state index < -0.39 is 0 Å². The Morgan fingerprint density at radius 2 is 2.04 bits per heavy atom. The molecule has 1 amide bonds. The molecule has 2 heterocycles. The first kappa shape index (κ1) is 19.0. The van der Waals surface area contributed by atoms with Crippen LogP contribution in [0.5, 0.6) is 5.75 Å². The molecule has 0 bridgehead atoms. The van der Waals surface area contributed by atoms with Gasteiger partial charge in [0.25, 0.3) is 5.91 Å². The largest absolute Gasteiger partial charge is 0.497 e. The van der Waals surface area contributed by atoms with Crippen LogP contribution < -0.4 is 10.1 Å². The molecule has 1 aromatic carbocycles. The van der Waals surface area contributed by atoms with Crippen molar-refractivity contribution in [3.8, 4) is 16.9 Å². The number of aromatic nitrogens is 2. The minimum absolute atomic E-state index is 0.143. The summed E-state index contributed by atoms with van der Waals surface area (Å²) < 4.78 is 5.19. The third-order valence-corrected chi connectivity index (χ3v) is 4.84. The van der Waals surface area contributed by atoms with Crippen LogP contribution in [0.1, 0.15) is 27.2 Å². The molecule has 27 heavy (non-hydrogen) atoms. The van der Waals surface area contributed by atoms with E-state index in [1.807, 2.05) is 31.3 Å². The van der Waals surface area contributed by atoms with E-state index in [1.54, 1.807) is 31.6 Å². The van der Waals surface area contributed by atoms with Crippen molar-refractivity contribution in [2.24, 2.45) is 0 Å². The highest BCUT2D eigenvalue weighted by Gasteiger charge is 2.11. The smallest absolute Gasteiger partial charge is 0.251 e. The predicted molar refractivity (Wildman–Crippen MR) is 109 cm³/mol. The Hall–Kier alpha value is -2.73. The number of ether oxygens (including phenoxy) is 1. The quantitative estimate of drug-likeness (QED) is 0.598. The lowest BCUT2D eigenvalue weighted by Gasteiger charge is -2.11. The molecule has 1 N–H and O–H groups in total. The maximum atomic E-state index is 12.7. The van der Waals surface area contributed by atoms with E-state index >= 15 is 0 Å². The summed E-state index contributed by atoms with van der Waals surface area (Å²) in [5.74, 6) is 0.571. The number of aryl methyl sites for hydroxylation is 1. The minimum Gasteiger partial charge on any atom is -0.497 e. The zero-order chi connectivity index (χ0) is 19.2. The number of carbonyl (C=O) groups excluding carboxylic acids is 1. The Balaban J connectivity index is 1.83. The average Bonchev–Trinajstić information content (AvgIpc) is 2.72. The van der Waals surface area contributed by atoms with E-state index in [0.717, 1.165) is 27.9 Å². The van der Waals surface area contributed by atoms with Crippen LogP contribution in [0.3, 0.4) is 0 Å². The molecule has 0 unspecified atom stereocenters. The molecule has 6 heteroatoms. The van der Waals surface area contributed by atoms with Crippen molar-refractivity contribution >= 4 is 21.8 Å². The first-order valence-corrected chi connectivity index (χ1v) is 9.61. The van der Waals surface area contributed by atoms with E-state index in [9.17, 15) is 4.79 Å². The minimum atomic E-state index is -0.143. The second-order valence-corrected chi connectivity index (χ2v) is 6.67. The van der Waals surface area contributed by atoms with Gasteiger partial charge in [0.05, 0.1) is 19.3 Å². The third-order valence-electron chi connectivity index (χ3n) is 4.19. The van der Waals surface area contributed by atoms with Gasteiger partial charge in [-0.25, -0.2) is 0 Å². The highest BCUT2D eigenvalue weighted by molar-refractivity contribution is 9.08. The summed E-state index contributed by atoms with van der Waals surface area (Å²) in [6.07, 6.45) is 5.25. The van der Waals surface area contributed by atoms with Gasteiger partial charge in [-0.15, -0.1) is 0 Å². The molecule has 138 valence electrons. The van der Waals surface area contributed by atoms with Crippen LogP contribution >= 0.6 is 15.9 Å². The van der Waals surface area contributed by atoms with Crippen molar-refractivity contribution in [1.29, 1.82) is 0 Å². The van der Waals surface area contributed by atoms with Crippen LogP contribution in [0.15, 0.2) is 55.0 Å². The number of alkyl halides is 1. The molecular weight excluding hydrogens is 406 g/mol. The molecule has 0 atom stereocenters. The summed E-state index contributed by atoms with van der Waals surface area (Å²) >= 11 is 3.49. The number of methoxy groups -OCH3 is 1. The maximum absolute atomic E-state index is 12.7. The number of benzene rings is 1. The van der Waals surface area contributed by atoms with E-state index in [1.165, 1.54) is 0 Å². The van der Waals surface area contributed by atoms with E-state index in [4.69, 9.17) is 4.74 Å². The molecule has 3 rings (SSSR count). The number of nitrogens with zero attached hydrogens (tertiary/aromatic N) is 2. The molecule has 0 fully saturated rings. The highest BCUT2D eigenvalue weighted by Crippen LogP contribution is 2.26. The monoisotopic (exact) mass is 425 g/mol. The number of hydrogen-bond donors (Lipinski definition) is 1. The Labute approximate surface area is 167 Å². The third kappa shape index (κ3) is 4.71. The van der Waals surface area contributed by atoms with Crippen molar-refractivity contribution < 1.29 is 9.53 Å². The van der Waals surface area contributed by atoms with Gasteiger partial charge in [-0.2, -0.15) is 0 Å². The number of carbonyl (C=O) groups is 1. The summed E-state index contributed by atoms with van der Waals surface area (Å²) in [6, 6.07) is 11.4. The summed E-state index contributed by atoms with van der Waals surface area (Å²) in [5, 5.41) is 3.60. The normalized spacial score (nSPS) is 10.5. The van der Waals surface area contributed by atoms with Crippen molar-refractivity contribution in [2.45, 2.75) is 18.8 Å². The molecule has 0 saturated carbocycles. The van der Waals surface area contributed by atoms with E-state index in [0.29, 0.717) is 23.2 Å². The van der Waals surface area contributed by atoms with Gasteiger partial charge in [0.2, 0.25) is 0 Å². The lowest BCUT2D eigenvalue weighted by atomic mass is 9.98. The molecule has 0 saturated heterocycles. The molecule has 0 aliphatic carbocycles. The van der Waals surface area contributed by atoms with Crippen LogP contribution in [0.4, 0.5) is 0 Å². The fraction of sp³-hybridized carbons (Fsp3) is 0.190. The van der Waals surface area contributed by atoms with Gasteiger partial charge in [0.15, 0.2) is 0 Å². The number of nitrogens with one attached hydrogen (secondary N) is 1. The lowest BCUT2D eigenvalue weighted by molar-refractivity contribution is 0.0950. The van der Waals surface area contributed by atoms with Crippen LogP contribution in [-0.4, -0.2) is 23.0 Å². The second kappa shape index (κ2) is 8.77. The second-order valence-electron chi connectivity index (χ2n) is 6.11. The fourth-order valence-electron chi connectivity index (χ4n) is 2.81. The Bertz CT molecular complexity index is 960. The summed E-state index contributed by atoms with van der Waals surface area (Å²) in [7, 11) is 1.60. The Morgan fingerprint density at radius 3 is 2.78 bits per heavy atom. The average molecular weight is 426 g/mol. The van der Waals surface area contributed by atoms with E-state index in [2.05, 4.69) is 37.3 Å². The number of rotatable bonds is 6. The SMILES string of the molecule is COc1ccnc(CNC(=O)c2cc(CBr)cc(-c3ccncc3C)c2)c1. The van der Waals surface area contributed by atoms with Crippen molar-refractivity contribution in [2.75, 3.05) is 7.11 Å². The first-order valence-electron chi connectivity index (χ1n) is 8.48. The molecule has 5 nitrogen and oxygen atoms in total. The van der Waals surface area contributed by atoms with Gasteiger partial charge < -0.3 is 10.1 Å². The van der Waals surface area contributed by atoms with Crippen molar-refractivity contribution in [3.63, 3.8) is 0 Å². The molecule has 0 aliphatic heterocycles. The van der Waals surface area contributed by atoms with Gasteiger partial charge in [-0.3, -0.25) is 14.8 Å². The lowest BCUT2D eigenvalue weighted by Crippen LogP contribution is -2.23. The number of pyridine rings is 2. The van der Waals surface area contributed by atoms with Gasteiger partial charge in [-0.05, 0) is 53.4 Å². The molecule has 2 aromatic heterocycles. The Morgan fingerprint density at radius 1 is 1.19 bits per heavy atom. The molecule has 0 aliphatic rings. The zero-order valence-electron chi connectivity index (χ0n) is 15.2. The van der Waals surface area contributed by atoms with Gasteiger partial charge in [0.1, 0.15) is 5.75 Å². The number of hydrogen-bond acceptors (Lipinski definition) is 4. The van der Waals surface area contributed by atoms with Gasteiger partial charge >= 0.3 is 0 Å². The standard InChI is InChI=1S/C21H20BrN3O2/c1-14-12-23-5-4-20(14)16-7-15(11-22)8-17(9-16)21(26)25-13-18-10-19(27-2)3-6-24-18/h3-10,12H,11,13H2,1-2H3,(H,25,26). The maximum Gasteiger partial charge on any atom is 0.251 e. The van der Waals surface area contributed by atoms with Gasteiger partial charge in [-0.1, -0.05) is 22.0 Å². The number of amides is 1. The van der Waals surface area contributed by atoms with E-state index in [-0.39, 0.29) is 5.91 Å². The highest BCUT2D eigenvalue weighted by atomic mass is 79.9. The Kier molecular flexibility index (Phi) is 6.19. The molecular formula is C21H20BrN3O2. The first-order chi connectivity index (χ1) is 13.1. The number of halogens is 1. The molecule has 3 aromatic rings. The molecule has 0 spiro atoms. The summed E-state index contributed by atoms with van der Waals surface area (Å²) in [6.45, 7) is 2.34. The van der Waals surface area contributed by atoms with Crippen LogP contribution in [0.25, 0.3) is 11.1 Å². The summed E-state index contributed by atoms with van der Waals surface area (Å²) in [4.78, 5) is 21.1. The van der Waals surface area contributed by atoms with Crippen LogP contribution in [0, 0.1) is 6.92 Å². The summed E-state index contributed by atoms with van der Waals surface area (Å²) in [5.41, 5.74) is 5.52. The van der Waals surface area contributed by atoms with Crippen molar-refractivity contribution in [1.82, 2.24) is 15.3 Å². The van der Waals surface area contributed by atoms with Gasteiger partial charge in [0, 0.05) is 35.6 Å². The fourth-order valence-corrected chi connectivity index (χ4v) is 3.13.